The van der Waals surface area contributed by atoms with Crippen LogP contribution in [0.1, 0.15) is 58.3 Å². The highest BCUT2D eigenvalue weighted by molar-refractivity contribution is 5.97. The average molecular weight is 536 g/mol. The fourth-order valence-electron chi connectivity index (χ4n) is 5.91. The summed E-state index contributed by atoms with van der Waals surface area (Å²) < 4.78 is 0. The van der Waals surface area contributed by atoms with E-state index in [1.54, 1.807) is 19.0 Å². The van der Waals surface area contributed by atoms with E-state index in [0.717, 1.165) is 71.6 Å². The second kappa shape index (κ2) is 10.6. The van der Waals surface area contributed by atoms with Crippen molar-refractivity contribution >= 4 is 22.9 Å². The zero-order chi connectivity index (χ0) is 28.0. The smallest absolute Gasteiger partial charge is 0.253 e. The predicted molar refractivity (Wildman–Crippen MR) is 158 cm³/mol. The van der Waals surface area contributed by atoms with Gasteiger partial charge < -0.3 is 9.88 Å². The molecule has 0 atom stereocenters. The largest absolute Gasteiger partial charge is 0.345 e. The van der Waals surface area contributed by atoms with E-state index >= 15 is 0 Å². The van der Waals surface area contributed by atoms with Crippen LogP contribution in [0.15, 0.2) is 42.7 Å². The van der Waals surface area contributed by atoms with Crippen LogP contribution in [-0.4, -0.2) is 63.6 Å². The fourth-order valence-corrected chi connectivity index (χ4v) is 5.91. The zero-order valence-corrected chi connectivity index (χ0v) is 23.9. The maximum atomic E-state index is 12.5. The predicted octanol–water partition coefficient (Wildman–Crippen LogP) is 5.73. The lowest BCUT2D eigenvalue weighted by Gasteiger charge is -2.30. The second-order valence-electron chi connectivity index (χ2n) is 11.8. The number of carbonyl (C=O) groups excluding carboxylic acids is 2. The van der Waals surface area contributed by atoms with Crippen molar-refractivity contribution in [2.24, 2.45) is 5.92 Å². The number of aryl methyl sites for hydroxylation is 2. The van der Waals surface area contributed by atoms with Gasteiger partial charge in [0.1, 0.15) is 11.3 Å². The quantitative estimate of drug-likeness (QED) is 0.312. The van der Waals surface area contributed by atoms with Gasteiger partial charge in [-0.05, 0) is 85.0 Å². The van der Waals surface area contributed by atoms with Crippen LogP contribution in [0, 0.1) is 19.8 Å². The maximum absolute atomic E-state index is 12.5. The molecular weight excluding hydrogens is 498 g/mol. The number of H-pyrrole nitrogens is 1. The molecule has 0 spiro atoms. The number of aromatic nitrogens is 3. The number of fused-ring (bicyclic) bond motifs is 2. The Labute approximate surface area is 235 Å². The molecule has 206 valence electrons. The number of ketones is 1. The third kappa shape index (κ3) is 5.30. The number of amides is 1. The summed E-state index contributed by atoms with van der Waals surface area (Å²) in [6.07, 6.45) is 8.68. The number of carbonyl (C=O) groups is 2. The Morgan fingerprint density at radius 1 is 1.07 bits per heavy atom. The van der Waals surface area contributed by atoms with E-state index < -0.39 is 0 Å². The van der Waals surface area contributed by atoms with Crippen LogP contribution in [0.4, 0.5) is 0 Å². The third-order valence-corrected chi connectivity index (χ3v) is 8.41. The van der Waals surface area contributed by atoms with Crippen molar-refractivity contribution in [2.75, 3.05) is 27.2 Å². The summed E-state index contributed by atoms with van der Waals surface area (Å²) in [5.74, 6) is 1.07. The zero-order valence-electron chi connectivity index (χ0n) is 23.9. The van der Waals surface area contributed by atoms with E-state index in [1.807, 2.05) is 37.5 Å². The SMILES string of the molecule is Cc1cc(-c2c[nH]c3ncc(-c4cc(C)c5c(c4)CN(CCC(=O)CC4CC4)CC5)nc23)ccc1C(=O)N(C)C. The maximum Gasteiger partial charge on any atom is 0.253 e. The van der Waals surface area contributed by atoms with Crippen molar-refractivity contribution in [3.05, 3.63) is 70.5 Å². The molecule has 7 heteroatoms. The van der Waals surface area contributed by atoms with Crippen molar-refractivity contribution in [1.29, 1.82) is 0 Å². The molecule has 0 radical (unpaired) electrons. The number of rotatable bonds is 8. The lowest BCUT2D eigenvalue weighted by molar-refractivity contribution is -0.119. The molecule has 2 aliphatic rings. The van der Waals surface area contributed by atoms with E-state index in [0.29, 0.717) is 23.7 Å². The first-order valence-corrected chi connectivity index (χ1v) is 14.3. The van der Waals surface area contributed by atoms with E-state index in [9.17, 15) is 9.59 Å². The number of nitrogens with one attached hydrogen (secondary N) is 1. The number of hydrogen-bond donors (Lipinski definition) is 1. The highest BCUT2D eigenvalue weighted by atomic mass is 16.2. The van der Waals surface area contributed by atoms with E-state index in [-0.39, 0.29) is 5.91 Å². The Hall–Kier alpha value is -3.84. The number of benzene rings is 2. The number of hydrogen-bond acceptors (Lipinski definition) is 5. The van der Waals surface area contributed by atoms with Crippen LogP contribution in [-0.2, 0) is 17.8 Å². The summed E-state index contributed by atoms with van der Waals surface area (Å²) in [6.45, 7) is 6.85. The van der Waals surface area contributed by atoms with Gasteiger partial charge in [0.25, 0.3) is 5.91 Å². The first-order valence-electron chi connectivity index (χ1n) is 14.3. The van der Waals surface area contributed by atoms with Gasteiger partial charge in [-0.3, -0.25) is 14.5 Å². The molecule has 7 nitrogen and oxygen atoms in total. The van der Waals surface area contributed by atoms with E-state index in [1.165, 1.54) is 29.5 Å². The number of Topliss-reactive ketones (excluding diaryl/α,β-unsaturated/α-hetero) is 1. The van der Waals surface area contributed by atoms with Crippen molar-refractivity contribution in [3.63, 3.8) is 0 Å². The lowest BCUT2D eigenvalue weighted by Crippen LogP contribution is -2.32. The molecule has 1 aliphatic carbocycles. The molecule has 3 heterocycles. The lowest BCUT2D eigenvalue weighted by atomic mass is 9.92. The standard InChI is InChI=1S/C33H37N5O2/c1-20-14-24(16-25-19-38(12-10-27(20)25)11-9-26(39)15-22-5-6-22)30-18-35-32-31(36-30)29(17-34-32)23-7-8-28(21(2)13-23)33(40)37(3)4/h7-8,13-14,16-18,22H,5-6,9-12,15,19H2,1-4H3,(H,34,35). The average Bonchev–Trinajstić information content (AvgIpc) is 3.65. The first kappa shape index (κ1) is 26.4. The van der Waals surface area contributed by atoms with Crippen LogP contribution in [0.3, 0.4) is 0 Å². The van der Waals surface area contributed by atoms with Gasteiger partial charge in [-0.15, -0.1) is 0 Å². The minimum atomic E-state index is -0.00347. The van der Waals surface area contributed by atoms with Gasteiger partial charge in [0.2, 0.25) is 0 Å². The van der Waals surface area contributed by atoms with Gasteiger partial charge >= 0.3 is 0 Å². The summed E-state index contributed by atoms with van der Waals surface area (Å²) in [5, 5.41) is 0. The van der Waals surface area contributed by atoms with Crippen molar-refractivity contribution in [2.45, 2.75) is 52.5 Å². The third-order valence-electron chi connectivity index (χ3n) is 8.41. The molecule has 4 aromatic rings. The van der Waals surface area contributed by atoms with Gasteiger partial charge in [0.05, 0.1) is 11.9 Å². The minimum absolute atomic E-state index is 0.00347. The number of aromatic amines is 1. The first-order chi connectivity index (χ1) is 19.3. The van der Waals surface area contributed by atoms with Crippen molar-refractivity contribution in [1.82, 2.24) is 24.8 Å². The second-order valence-corrected chi connectivity index (χ2v) is 11.8. The van der Waals surface area contributed by atoms with Crippen LogP contribution in [0.5, 0.6) is 0 Å². The van der Waals surface area contributed by atoms with E-state index in [4.69, 9.17) is 9.97 Å². The van der Waals surface area contributed by atoms with Crippen molar-refractivity contribution in [3.8, 4) is 22.4 Å². The summed E-state index contributed by atoms with van der Waals surface area (Å²) in [4.78, 5) is 41.9. The highest BCUT2D eigenvalue weighted by Crippen LogP contribution is 2.34. The summed E-state index contributed by atoms with van der Waals surface area (Å²) in [7, 11) is 3.53. The minimum Gasteiger partial charge on any atom is -0.345 e. The summed E-state index contributed by atoms with van der Waals surface area (Å²) in [5.41, 5.74) is 11.1. The van der Waals surface area contributed by atoms with Crippen molar-refractivity contribution < 1.29 is 9.59 Å². The summed E-state index contributed by atoms with van der Waals surface area (Å²) >= 11 is 0. The monoisotopic (exact) mass is 535 g/mol. The van der Waals surface area contributed by atoms with E-state index in [2.05, 4.69) is 28.9 Å². The van der Waals surface area contributed by atoms with Gasteiger partial charge in [0.15, 0.2) is 5.65 Å². The van der Waals surface area contributed by atoms with Crippen LogP contribution >= 0.6 is 0 Å². The van der Waals surface area contributed by atoms with Crippen LogP contribution < -0.4 is 0 Å². The highest BCUT2D eigenvalue weighted by Gasteiger charge is 2.25. The van der Waals surface area contributed by atoms with Gasteiger partial charge in [-0.2, -0.15) is 0 Å². The molecule has 0 unspecified atom stereocenters. The van der Waals surface area contributed by atoms with Crippen LogP contribution in [0.2, 0.25) is 0 Å². The molecule has 1 aliphatic heterocycles. The Balaban J connectivity index is 1.26. The van der Waals surface area contributed by atoms with Crippen LogP contribution in [0.25, 0.3) is 33.5 Å². The Morgan fingerprint density at radius 3 is 2.62 bits per heavy atom. The van der Waals surface area contributed by atoms with Gasteiger partial charge in [-0.25, -0.2) is 9.97 Å². The summed E-state index contributed by atoms with van der Waals surface area (Å²) in [6, 6.07) is 10.4. The molecule has 40 heavy (non-hydrogen) atoms. The molecule has 6 rings (SSSR count). The van der Waals surface area contributed by atoms with Gasteiger partial charge in [-0.1, -0.05) is 12.1 Å². The Kier molecular flexibility index (Phi) is 7.00. The molecular formula is C33H37N5O2. The Morgan fingerprint density at radius 2 is 1.88 bits per heavy atom. The Bertz CT molecular complexity index is 1610. The molecule has 1 amide bonds. The normalized spacial score (nSPS) is 15.3. The molecule has 1 N–H and O–H groups in total. The molecule has 2 aromatic heterocycles. The van der Waals surface area contributed by atoms with Gasteiger partial charge in [0, 0.05) is 69.5 Å². The topological polar surface area (TPSA) is 82.2 Å². The molecule has 2 aromatic carbocycles. The molecule has 1 saturated carbocycles. The fraction of sp³-hybridized carbons (Fsp3) is 0.394. The number of nitrogens with zero attached hydrogens (tertiary/aromatic N) is 4. The molecule has 0 bridgehead atoms. The molecule has 0 saturated heterocycles. The molecule has 1 fully saturated rings.